The summed E-state index contributed by atoms with van der Waals surface area (Å²) >= 11 is 0.748. The number of sulfonamides is 1. The number of hydrogen-bond donors (Lipinski definition) is 1. The first-order chi connectivity index (χ1) is 9.20. The molecular formula is C11H15NO6S2. The van der Waals surface area contributed by atoms with Gasteiger partial charge in [-0.1, -0.05) is 0 Å². The maximum atomic E-state index is 12.4. The molecule has 7 nitrogen and oxygen atoms in total. The van der Waals surface area contributed by atoms with Crippen molar-refractivity contribution in [2.24, 2.45) is 0 Å². The Morgan fingerprint density at radius 2 is 2.00 bits per heavy atom. The normalized spacial score (nSPS) is 11.8. The minimum atomic E-state index is -3.95. The van der Waals surface area contributed by atoms with Gasteiger partial charge in [-0.2, -0.15) is 4.31 Å². The number of carboxylic acid groups (broad SMARTS) is 1. The second-order valence-electron chi connectivity index (χ2n) is 4.15. The molecule has 0 unspecified atom stereocenters. The molecule has 0 saturated heterocycles. The molecule has 0 spiro atoms. The van der Waals surface area contributed by atoms with Crippen LogP contribution in [-0.2, 0) is 19.6 Å². The summed E-state index contributed by atoms with van der Waals surface area (Å²) in [5.41, 5.74) is 0. The highest BCUT2D eigenvalue weighted by molar-refractivity contribution is 7.91. The molecule has 0 bridgehead atoms. The molecule has 0 amide bonds. The Kier molecular flexibility index (Phi) is 5.26. The van der Waals surface area contributed by atoms with Crippen molar-refractivity contribution in [3.8, 4) is 0 Å². The van der Waals surface area contributed by atoms with Crippen LogP contribution in [0.3, 0.4) is 0 Å². The van der Waals surface area contributed by atoms with Gasteiger partial charge in [-0.3, -0.25) is 4.79 Å². The van der Waals surface area contributed by atoms with Gasteiger partial charge < -0.3 is 9.84 Å². The van der Waals surface area contributed by atoms with Crippen molar-refractivity contribution in [1.82, 2.24) is 4.31 Å². The summed E-state index contributed by atoms with van der Waals surface area (Å²) in [4.78, 5) is 22.2. The number of esters is 1. The number of aliphatic carboxylic acids is 1. The summed E-state index contributed by atoms with van der Waals surface area (Å²) < 4.78 is 30.0. The molecule has 0 atom stereocenters. The van der Waals surface area contributed by atoms with Gasteiger partial charge >= 0.3 is 11.9 Å². The summed E-state index contributed by atoms with van der Waals surface area (Å²) in [7, 11) is -2.76. The first-order valence-corrected chi connectivity index (χ1v) is 7.87. The van der Waals surface area contributed by atoms with Gasteiger partial charge in [0.25, 0.3) is 10.0 Å². The molecule has 1 heterocycles. The molecule has 9 heteroatoms. The lowest BCUT2D eigenvalue weighted by atomic mass is 10.4. The minimum absolute atomic E-state index is 0.0900. The Morgan fingerprint density at radius 1 is 1.40 bits per heavy atom. The van der Waals surface area contributed by atoms with E-state index < -0.39 is 34.5 Å². The summed E-state index contributed by atoms with van der Waals surface area (Å²) in [5, 5.41) is 8.80. The highest BCUT2D eigenvalue weighted by Gasteiger charge is 2.30. The molecule has 0 aliphatic carbocycles. The van der Waals surface area contributed by atoms with E-state index in [1.54, 1.807) is 13.8 Å². The summed E-state index contributed by atoms with van der Waals surface area (Å²) in [6, 6.07) is 2.09. The number of carbonyl (C=O) groups is 2. The first-order valence-electron chi connectivity index (χ1n) is 5.62. The number of carbonyl (C=O) groups excluding carboxylic acids is 1. The standard InChI is InChI=1S/C11H15NO6S2/c1-7(2)12(6-9(13)14)20(16,17)10-5-4-8(19-10)11(15)18-3/h4-5,7H,6H2,1-3H3,(H,13,14). The van der Waals surface area contributed by atoms with E-state index >= 15 is 0 Å². The average Bonchev–Trinajstić information content (AvgIpc) is 2.84. The molecule has 1 rings (SSSR count). The molecule has 112 valence electrons. The highest BCUT2D eigenvalue weighted by atomic mass is 32.2. The van der Waals surface area contributed by atoms with Crippen molar-refractivity contribution in [2.45, 2.75) is 24.1 Å². The summed E-state index contributed by atoms with van der Waals surface area (Å²) in [6.45, 7) is 2.52. The molecule has 20 heavy (non-hydrogen) atoms. The van der Waals surface area contributed by atoms with Gasteiger partial charge in [0, 0.05) is 6.04 Å². The molecule has 0 aromatic carbocycles. The predicted octanol–water partition coefficient (Wildman–Crippen LogP) is 1.02. The molecule has 0 radical (unpaired) electrons. The van der Waals surface area contributed by atoms with Gasteiger partial charge in [0.1, 0.15) is 15.6 Å². The number of nitrogens with zero attached hydrogens (tertiary/aromatic N) is 1. The van der Waals surface area contributed by atoms with Gasteiger partial charge in [-0.05, 0) is 26.0 Å². The number of methoxy groups -OCH3 is 1. The fourth-order valence-corrected chi connectivity index (χ4v) is 4.40. The van der Waals surface area contributed by atoms with Crippen molar-refractivity contribution in [1.29, 1.82) is 0 Å². The lowest BCUT2D eigenvalue weighted by Gasteiger charge is -2.23. The lowest BCUT2D eigenvalue weighted by molar-refractivity contribution is -0.137. The van der Waals surface area contributed by atoms with E-state index in [1.165, 1.54) is 19.2 Å². The zero-order valence-corrected chi connectivity index (χ0v) is 12.8. The third-order valence-electron chi connectivity index (χ3n) is 2.40. The topological polar surface area (TPSA) is 101 Å². The van der Waals surface area contributed by atoms with Crippen LogP contribution in [0.1, 0.15) is 23.5 Å². The third kappa shape index (κ3) is 3.56. The first kappa shape index (κ1) is 16.6. The number of rotatable bonds is 6. The lowest BCUT2D eigenvalue weighted by Crippen LogP contribution is -2.40. The number of ether oxygens (including phenoxy) is 1. The Balaban J connectivity index is 3.16. The Morgan fingerprint density at radius 3 is 2.45 bits per heavy atom. The van der Waals surface area contributed by atoms with Crippen molar-refractivity contribution < 1.29 is 27.9 Å². The average molecular weight is 321 g/mol. The van der Waals surface area contributed by atoms with Gasteiger partial charge in [-0.15, -0.1) is 11.3 Å². The highest BCUT2D eigenvalue weighted by Crippen LogP contribution is 2.26. The monoisotopic (exact) mass is 321 g/mol. The maximum absolute atomic E-state index is 12.4. The van der Waals surface area contributed by atoms with Gasteiger partial charge in [0.15, 0.2) is 0 Å². The van der Waals surface area contributed by atoms with Gasteiger partial charge in [-0.25, -0.2) is 13.2 Å². The third-order valence-corrected chi connectivity index (χ3v) is 5.95. The van der Waals surface area contributed by atoms with Crippen LogP contribution in [0.5, 0.6) is 0 Å². The number of thiophene rings is 1. The van der Waals surface area contributed by atoms with Crippen LogP contribution in [0.4, 0.5) is 0 Å². The summed E-state index contributed by atoms with van der Waals surface area (Å²) in [5.74, 6) is -1.88. The second-order valence-corrected chi connectivity index (χ2v) is 7.35. The van der Waals surface area contributed by atoms with E-state index in [1.807, 2.05) is 0 Å². The van der Waals surface area contributed by atoms with Crippen LogP contribution in [0.15, 0.2) is 16.3 Å². The maximum Gasteiger partial charge on any atom is 0.348 e. The van der Waals surface area contributed by atoms with E-state index in [4.69, 9.17) is 5.11 Å². The van der Waals surface area contributed by atoms with Crippen LogP contribution >= 0.6 is 11.3 Å². The largest absolute Gasteiger partial charge is 0.480 e. The Hall–Kier alpha value is -1.45. The van der Waals surface area contributed by atoms with Crippen LogP contribution < -0.4 is 0 Å². The van der Waals surface area contributed by atoms with Gasteiger partial charge in [0.05, 0.1) is 7.11 Å². The van der Waals surface area contributed by atoms with Crippen LogP contribution in [0.2, 0.25) is 0 Å². The number of carboxylic acids is 1. The van der Waals surface area contributed by atoms with Crippen LogP contribution in [0, 0.1) is 0 Å². The van der Waals surface area contributed by atoms with E-state index in [2.05, 4.69) is 4.74 Å². The van der Waals surface area contributed by atoms with Crippen molar-refractivity contribution in [3.63, 3.8) is 0 Å². The second kappa shape index (κ2) is 6.33. The van der Waals surface area contributed by atoms with Crippen LogP contribution in [-0.4, -0.2) is 49.5 Å². The molecule has 1 aromatic rings. The molecule has 0 aliphatic heterocycles. The van der Waals surface area contributed by atoms with E-state index in [9.17, 15) is 18.0 Å². The predicted molar refractivity (Wildman–Crippen MR) is 72.3 cm³/mol. The molecule has 0 saturated carbocycles. The minimum Gasteiger partial charge on any atom is -0.480 e. The smallest absolute Gasteiger partial charge is 0.348 e. The van der Waals surface area contributed by atoms with Gasteiger partial charge in [0.2, 0.25) is 0 Å². The van der Waals surface area contributed by atoms with Crippen molar-refractivity contribution in [2.75, 3.05) is 13.7 Å². The van der Waals surface area contributed by atoms with Crippen molar-refractivity contribution in [3.05, 3.63) is 17.0 Å². The van der Waals surface area contributed by atoms with Crippen molar-refractivity contribution >= 4 is 33.3 Å². The molecular weight excluding hydrogens is 306 g/mol. The quantitative estimate of drug-likeness (QED) is 0.785. The molecule has 1 N–H and O–H groups in total. The molecule has 0 aliphatic rings. The fourth-order valence-electron chi connectivity index (χ4n) is 1.46. The van der Waals surface area contributed by atoms with E-state index in [-0.39, 0.29) is 9.09 Å². The summed E-state index contributed by atoms with van der Waals surface area (Å²) in [6.07, 6.45) is 0. The van der Waals surface area contributed by atoms with E-state index in [0.29, 0.717) is 0 Å². The molecule has 0 fully saturated rings. The SMILES string of the molecule is COC(=O)c1ccc(S(=O)(=O)N(CC(=O)O)C(C)C)s1. The fraction of sp³-hybridized carbons (Fsp3) is 0.455. The Bertz CT molecular complexity index is 604. The number of hydrogen-bond acceptors (Lipinski definition) is 6. The zero-order chi connectivity index (χ0) is 15.5. The molecule has 1 aromatic heterocycles. The zero-order valence-electron chi connectivity index (χ0n) is 11.2. The Labute approximate surface area is 120 Å². The van der Waals surface area contributed by atoms with Crippen LogP contribution in [0.25, 0.3) is 0 Å². The van der Waals surface area contributed by atoms with E-state index in [0.717, 1.165) is 15.6 Å².